The summed E-state index contributed by atoms with van der Waals surface area (Å²) in [7, 11) is 3.17. The molecule has 1 fully saturated rings. The molecule has 0 aliphatic carbocycles. The molecule has 3 aromatic rings. The van der Waals surface area contributed by atoms with Crippen molar-refractivity contribution in [2.75, 3.05) is 27.3 Å². The Morgan fingerprint density at radius 2 is 1.45 bits per heavy atom. The van der Waals surface area contributed by atoms with Gasteiger partial charge in [0.1, 0.15) is 0 Å². The van der Waals surface area contributed by atoms with Crippen LogP contribution in [-0.4, -0.2) is 44.0 Å². The zero-order chi connectivity index (χ0) is 28.5. The van der Waals surface area contributed by atoms with Gasteiger partial charge in [0, 0.05) is 36.1 Å². The predicted octanol–water partition coefficient (Wildman–Crippen LogP) is 5.45. The van der Waals surface area contributed by atoms with E-state index in [1.807, 2.05) is 49.4 Å². The third-order valence-corrected chi connectivity index (χ3v) is 7.91. The van der Waals surface area contributed by atoms with E-state index < -0.39 is 0 Å². The van der Waals surface area contributed by atoms with Gasteiger partial charge in [-0.25, -0.2) is 0 Å². The van der Waals surface area contributed by atoms with E-state index in [9.17, 15) is 9.59 Å². The molecular formula is C32H38ClN3O4. The van der Waals surface area contributed by atoms with Gasteiger partial charge in [0.05, 0.1) is 14.2 Å². The molecule has 1 saturated heterocycles. The second kappa shape index (κ2) is 14.2. The summed E-state index contributed by atoms with van der Waals surface area (Å²) in [6.07, 6.45) is 2.02. The third kappa shape index (κ3) is 7.99. The minimum atomic E-state index is -0.165. The summed E-state index contributed by atoms with van der Waals surface area (Å²) in [5, 5.41) is 6.77. The highest BCUT2D eigenvalue weighted by Crippen LogP contribution is 2.28. The molecule has 2 N–H and O–H groups in total. The lowest BCUT2D eigenvalue weighted by Crippen LogP contribution is -2.40. The first kappa shape index (κ1) is 29.4. The van der Waals surface area contributed by atoms with Gasteiger partial charge >= 0.3 is 0 Å². The summed E-state index contributed by atoms with van der Waals surface area (Å²) in [6.45, 7) is 5.72. The number of rotatable bonds is 11. The second-order valence-corrected chi connectivity index (χ2v) is 10.8. The van der Waals surface area contributed by atoms with Crippen LogP contribution in [0.3, 0.4) is 0 Å². The van der Waals surface area contributed by atoms with Gasteiger partial charge in [-0.15, -0.1) is 0 Å². The number of halogens is 1. The number of hydrogen-bond donors (Lipinski definition) is 2. The van der Waals surface area contributed by atoms with Gasteiger partial charge in [-0.05, 0) is 84.9 Å². The van der Waals surface area contributed by atoms with Crippen LogP contribution in [-0.2, 0) is 24.4 Å². The van der Waals surface area contributed by atoms with Crippen molar-refractivity contribution < 1.29 is 19.1 Å². The number of carbonyl (C=O) groups is 2. The minimum absolute atomic E-state index is 0.0423. The number of nitrogens with zero attached hydrogens (tertiary/aromatic N) is 1. The van der Waals surface area contributed by atoms with Crippen LogP contribution in [0, 0.1) is 11.8 Å². The van der Waals surface area contributed by atoms with Gasteiger partial charge in [0.25, 0.3) is 5.91 Å². The lowest BCUT2D eigenvalue weighted by Gasteiger charge is -2.34. The quantitative estimate of drug-likeness (QED) is 0.324. The zero-order valence-electron chi connectivity index (χ0n) is 23.4. The predicted molar refractivity (Wildman–Crippen MR) is 158 cm³/mol. The van der Waals surface area contributed by atoms with Gasteiger partial charge in [-0.2, -0.15) is 0 Å². The molecule has 4 rings (SSSR count). The van der Waals surface area contributed by atoms with Gasteiger partial charge in [-0.3, -0.25) is 14.5 Å². The summed E-state index contributed by atoms with van der Waals surface area (Å²) in [5.74, 6) is 1.51. The number of piperidine rings is 1. The lowest BCUT2D eigenvalue weighted by atomic mass is 9.84. The van der Waals surface area contributed by atoms with E-state index in [-0.39, 0.29) is 17.7 Å². The molecule has 0 saturated carbocycles. The molecule has 0 bridgehead atoms. The first-order chi connectivity index (χ1) is 19.4. The number of benzene rings is 3. The van der Waals surface area contributed by atoms with Crippen LogP contribution >= 0.6 is 11.6 Å². The monoisotopic (exact) mass is 563 g/mol. The smallest absolute Gasteiger partial charge is 0.251 e. The summed E-state index contributed by atoms with van der Waals surface area (Å²) in [5.41, 5.74) is 3.69. The number of likely N-dealkylation sites (tertiary alicyclic amines) is 1. The maximum absolute atomic E-state index is 12.9. The summed E-state index contributed by atoms with van der Waals surface area (Å²) >= 11 is 5.99. The Balaban J connectivity index is 1.19. The van der Waals surface area contributed by atoms with Crippen LogP contribution in [0.15, 0.2) is 66.7 Å². The van der Waals surface area contributed by atoms with Crippen molar-refractivity contribution in [3.05, 3.63) is 94.0 Å². The molecule has 1 unspecified atom stereocenters. The van der Waals surface area contributed by atoms with Crippen LogP contribution in [0.4, 0.5) is 0 Å². The van der Waals surface area contributed by atoms with Crippen molar-refractivity contribution in [2.45, 2.75) is 39.4 Å². The Bertz CT molecular complexity index is 1270. The third-order valence-electron chi connectivity index (χ3n) is 7.66. The zero-order valence-corrected chi connectivity index (χ0v) is 24.2. The maximum atomic E-state index is 12.9. The normalized spacial score (nSPS) is 14.8. The molecular weight excluding hydrogens is 526 g/mol. The number of amides is 2. The molecule has 7 nitrogen and oxygen atoms in total. The van der Waals surface area contributed by atoms with E-state index in [1.165, 1.54) is 5.56 Å². The van der Waals surface area contributed by atoms with Crippen molar-refractivity contribution in [3.63, 3.8) is 0 Å². The maximum Gasteiger partial charge on any atom is 0.251 e. The molecule has 1 atom stereocenters. The van der Waals surface area contributed by atoms with Gasteiger partial charge in [0.2, 0.25) is 5.91 Å². The molecule has 0 radical (unpaired) electrons. The molecule has 1 aliphatic heterocycles. The number of hydrogen-bond acceptors (Lipinski definition) is 5. The standard InChI is InChI=1S/C32H38ClN3O4/c1-22(26-14-16-36(17-15-26)21-24-6-11-28(33)12-7-24)31(37)34-19-23-4-9-27(10-5-23)32(38)35-20-25-8-13-29(39-2)30(18-25)40-3/h4-13,18,22,26H,14-17,19-21H2,1-3H3,(H,34,37)(H,35,38). The highest BCUT2D eigenvalue weighted by molar-refractivity contribution is 6.30. The molecule has 3 aromatic carbocycles. The first-order valence-corrected chi connectivity index (χ1v) is 14.1. The Labute approximate surface area is 241 Å². The van der Waals surface area contributed by atoms with Crippen LogP contribution < -0.4 is 20.1 Å². The highest BCUT2D eigenvalue weighted by atomic mass is 35.5. The Morgan fingerprint density at radius 3 is 2.10 bits per heavy atom. The SMILES string of the molecule is COc1ccc(CNC(=O)c2ccc(CNC(=O)C(C)C3CCN(Cc4ccc(Cl)cc4)CC3)cc2)cc1OC. The molecule has 0 spiro atoms. The fourth-order valence-corrected chi connectivity index (χ4v) is 5.20. The van der Waals surface area contributed by atoms with Crippen molar-refractivity contribution in [1.29, 1.82) is 0 Å². The van der Waals surface area contributed by atoms with E-state index in [0.29, 0.717) is 36.1 Å². The fraction of sp³-hybridized carbons (Fsp3) is 0.375. The number of methoxy groups -OCH3 is 2. The van der Waals surface area contributed by atoms with Crippen molar-refractivity contribution in [2.24, 2.45) is 11.8 Å². The van der Waals surface area contributed by atoms with Gasteiger partial charge in [-0.1, -0.05) is 48.9 Å². The van der Waals surface area contributed by atoms with Crippen molar-refractivity contribution in [1.82, 2.24) is 15.5 Å². The Kier molecular flexibility index (Phi) is 10.4. The molecule has 1 aliphatic rings. The molecule has 1 heterocycles. The summed E-state index contributed by atoms with van der Waals surface area (Å²) < 4.78 is 10.6. The van der Waals surface area contributed by atoms with Crippen molar-refractivity contribution in [3.8, 4) is 11.5 Å². The van der Waals surface area contributed by atoms with Crippen LogP contribution in [0.5, 0.6) is 11.5 Å². The summed E-state index contributed by atoms with van der Waals surface area (Å²) in [4.78, 5) is 28.0. The van der Waals surface area contributed by atoms with Crippen molar-refractivity contribution >= 4 is 23.4 Å². The number of nitrogens with one attached hydrogen (secondary N) is 2. The summed E-state index contributed by atoms with van der Waals surface area (Å²) in [6, 6.07) is 20.9. The minimum Gasteiger partial charge on any atom is -0.493 e. The van der Waals surface area contributed by atoms with Crippen LogP contribution in [0.1, 0.15) is 46.8 Å². The molecule has 40 heavy (non-hydrogen) atoms. The highest BCUT2D eigenvalue weighted by Gasteiger charge is 2.28. The molecule has 2 amide bonds. The van der Waals surface area contributed by atoms with E-state index in [1.54, 1.807) is 26.4 Å². The Morgan fingerprint density at radius 1 is 0.850 bits per heavy atom. The number of ether oxygens (including phenoxy) is 2. The lowest BCUT2D eigenvalue weighted by molar-refractivity contribution is -0.126. The second-order valence-electron chi connectivity index (χ2n) is 10.3. The molecule has 212 valence electrons. The van der Waals surface area contributed by atoms with E-state index in [4.69, 9.17) is 21.1 Å². The average molecular weight is 564 g/mol. The van der Waals surface area contributed by atoms with Crippen LogP contribution in [0.2, 0.25) is 5.02 Å². The largest absolute Gasteiger partial charge is 0.493 e. The molecule has 8 heteroatoms. The first-order valence-electron chi connectivity index (χ1n) is 13.7. The number of carbonyl (C=O) groups excluding carboxylic acids is 2. The fourth-order valence-electron chi connectivity index (χ4n) is 5.07. The van der Waals surface area contributed by atoms with E-state index in [2.05, 4.69) is 27.7 Å². The Hall–Kier alpha value is -3.55. The van der Waals surface area contributed by atoms with Gasteiger partial charge in [0.15, 0.2) is 11.5 Å². The molecule has 0 aromatic heterocycles. The topological polar surface area (TPSA) is 79.9 Å². The average Bonchev–Trinajstić information content (AvgIpc) is 2.99. The van der Waals surface area contributed by atoms with E-state index >= 15 is 0 Å². The van der Waals surface area contributed by atoms with Gasteiger partial charge < -0.3 is 20.1 Å². The van der Waals surface area contributed by atoms with Crippen LogP contribution in [0.25, 0.3) is 0 Å². The van der Waals surface area contributed by atoms with E-state index in [0.717, 1.165) is 48.6 Å².